The highest BCUT2D eigenvalue weighted by Crippen LogP contribution is 2.54. The fourth-order valence-corrected chi connectivity index (χ4v) is 5.54. The minimum absolute atomic E-state index is 0.0314. The number of hydrogen-bond acceptors (Lipinski definition) is 6. The van der Waals surface area contributed by atoms with Crippen LogP contribution in [0.5, 0.6) is 0 Å². The molecule has 2 saturated carbocycles. The molecule has 11 heteroatoms. The van der Waals surface area contributed by atoms with Crippen LogP contribution < -0.4 is 10.6 Å². The summed E-state index contributed by atoms with van der Waals surface area (Å²) >= 11 is 0. The van der Waals surface area contributed by atoms with Crippen LogP contribution in [-0.2, 0) is 16.1 Å². The van der Waals surface area contributed by atoms with Gasteiger partial charge in [0.05, 0.1) is 17.9 Å². The summed E-state index contributed by atoms with van der Waals surface area (Å²) in [6.45, 7) is 2.84. The van der Waals surface area contributed by atoms with E-state index in [0.717, 1.165) is 31.4 Å². The van der Waals surface area contributed by atoms with Crippen molar-refractivity contribution >= 4 is 29.6 Å². The fraction of sp³-hybridized carbons (Fsp3) is 0.538. The molecule has 3 fully saturated rings. The first-order chi connectivity index (χ1) is 17.8. The molecule has 11 nitrogen and oxygen atoms in total. The van der Waals surface area contributed by atoms with Gasteiger partial charge >= 0.3 is 5.97 Å². The Balaban J connectivity index is 1.33. The third-order valence-corrected chi connectivity index (χ3v) is 7.82. The molecule has 0 aromatic carbocycles. The molecule has 37 heavy (non-hydrogen) atoms. The van der Waals surface area contributed by atoms with Crippen LogP contribution in [0, 0.1) is 28.6 Å². The first-order valence-electron chi connectivity index (χ1n) is 13.0. The second-order valence-corrected chi connectivity index (χ2v) is 10.4. The molecule has 0 bridgehead atoms. The molecule has 5 rings (SSSR count). The number of nitrogens with zero attached hydrogens (tertiary/aromatic N) is 3. The quantitative estimate of drug-likeness (QED) is 0.219. The summed E-state index contributed by atoms with van der Waals surface area (Å²) in [5.74, 6) is 0.0564. The van der Waals surface area contributed by atoms with E-state index in [2.05, 4.69) is 25.7 Å². The number of H-pyrrole nitrogens is 1. The lowest BCUT2D eigenvalue weighted by molar-refractivity contribution is -0.153. The van der Waals surface area contributed by atoms with E-state index in [1.807, 2.05) is 6.92 Å². The monoisotopic (exact) mass is 507 g/mol. The zero-order chi connectivity index (χ0) is 26.2. The van der Waals surface area contributed by atoms with E-state index in [-0.39, 0.29) is 30.5 Å². The van der Waals surface area contributed by atoms with Crippen molar-refractivity contribution in [1.29, 1.82) is 5.41 Å². The maximum Gasteiger partial charge on any atom is 0.319 e. The number of aryl methyl sites for hydroxylation is 1. The molecular weight excluding hydrogens is 474 g/mol. The second kappa shape index (κ2) is 9.95. The summed E-state index contributed by atoms with van der Waals surface area (Å²) in [4.78, 5) is 44.9. The van der Waals surface area contributed by atoms with Crippen molar-refractivity contribution < 1.29 is 19.5 Å². The molecule has 1 saturated heterocycles. The van der Waals surface area contributed by atoms with Crippen molar-refractivity contribution in [1.82, 2.24) is 30.4 Å². The molecule has 0 spiro atoms. The number of amides is 2. The minimum Gasteiger partial charge on any atom is -0.480 e. The highest BCUT2D eigenvalue weighted by atomic mass is 16.4. The lowest BCUT2D eigenvalue weighted by Gasteiger charge is -2.27. The van der Waals surface area contributed by atoms with Gasteiger partial charge in [0.2, 0.25) is 5.91 Å². The first kappa shape index (κ1) is 24.9. The van der Waals surface area contributed by atoms with Crippen LogP contribution in [0.3, 0.4) is 0 Å². The smallest absolute Gasteiger partial charge is 0.319 e. The Morgan fingerprint density at radius 1 is 1.32 bits per heavy atom. The number of aliphatic carboxylic acids is 1. The molecule has 5 N–H and O–H groups in total. The molecule has 3 aliphatic rings. The Hall–Kier alpha value is -3.76. The Labute approximate surface area is 214 Å². The van der Waals surface area contributed by atoms with E-state index in [1.165, 1.54) is 6.08 Å². The molecule has 196 valence electrons. The summed E-state index contributed by atoms with van der Waals surface area (Å²) in [6, 6.07) is 1.50. The van der Waals surface area contributed by atoms with Gasteiger partial charge in [-0.1, -0.05) is 0 Å². The van der Waals surface area contributed by atoms with Gasteiger partial charge in [-0.3, -0.25) is 19.1 Å². The van der Waals surface area contributed by atoms with Gasteiger partial charge in [-0.05, 0) is 75.0 Å². The van der Waals surface area contributed by atoms with Crippen molar-refractivity contribution in [2.75, 3.05) is 6.54 Å². The molecule has 0 radical (unpaired) electrons. The van der Waals surface area contributed by atoms with E-state index < -0.39 is 17.3 Å². The predicted octanol–water partition coefficient (Wildman–Crippen LogP) is 2.55. The maximum atomic E-state index is 13.2. The van der Waals surface area contributed by atoms with E-state index in [1.54, 1.807) is 29.2 Å². The predicted molar refractivity (Wildman–Crippen MR) is 135 cm³/mol. The fourth-order valence-electron chi connectivity index (χ4n) is 5.54. The Morgan fingerprint density at radius 2 is 2.05 bits per heavy atom. The Morgan fingerprint density at radius 3 is 2.65 bits per heavy atom. The topological polar surface area (TPSA) is 166 Å². The number of hydrogen-bond donors (Lipinski definition) is 5. The molecule has 2 aromatic heterocycles. The SMILES string of the molecule is CCn1nccc1C(=O)NC(c1cnc(/C=C\C(=N)CC2(C(=O)O)CCNC2=O)[nH]1)C(C1CC1)C1CC1. The van der Waals surface area contributed by atoms with Gasteiger partial charge in [0.15, 0.2) is 5.41 Å². The van der Waals surface area contributed by atoms with Crippen LogP contribution in [0.4, 0.5) is 0 Å². The minimum atomic E-state index is -1.60. The van der Waals surface area contributed by atoms with Crippen molar-refractivity contribution in [2.45, 2.75) is 58.0 Å². The van der Waals surface area contributed by atoms with Crippen molar-refractivity contribution in [3.8, 4) is 0 Å². The lowest BCUT2D eigenvalue weighted by Crippen LogP contribution is -2.40. The number of rotatable bonds is 12. The number of allylic oxidation sites excluding steroid dienone is 1. The van der Waals surface area contributed by atoms with Crippen molar-refractivity contribution in [2.24, 2.45) is 23.2 Å². The number of aromatic amines is 1. The van der Waals surface area contributed by atoms with Crippen LogP contribution in [0.1, 0.15) is 73.5 Å². The summed E-state index contributed by atoms with van der Waals surface area (Å²) in [5.41, 5.74) is -0.237. The van der Waals surface area contributed by atoms with Gasteiger partial charge in [0.1, 0.15) is 11.5 Å². The van der Waals surface area contributed by atoms with Crippen molar-refractivity contribution in [3.05, 3.63) is 41.7 Å². The van der Waals surface area contributed by atoms with E-state index in [4.69, 9.17) is 5.41 Å². The zero-order valence-electron chi connectivity index (χ0n) is 20.9. The van der Waals surface area contributed by atoms with E-state index in [9.17, 15) is 19.5 Å². The summed E-state index contributed by atoms with van der Waals surface area (Å²) < 4.78 is 1.68. The molecule has 2 unspecified atom stereocenters. The van der Waals surface area contributed by atoms with Gasteiger partial charge in [0.25, 0.3) is 5.91 Å². The van der Waals surface area contributed by atoms with Gasteiger partial charge in [-0.2, -0.15) is 5.10 Å². The van der Waals surface area contributed by atoms with Gasteiger partial charge in [0, 0.05) is 31.4 Å². The van der Waals surface area contributed by atoms with Gasteiger partial charge < -0.3 is 26.1 Å². The molecule has 2 aliphatic carbocycles. The van der Waals surface area contributed by atoms with Gasteiger partial charge in [-0.25, -0.2) is 4.98 Å². The molecule has 3 heterocycles. The molecule has 2 atom stereocenters. The molecule has 2 aromatic rings. The summed E-state index contributed by atoms with van der Waals surface area (Å²) in [6.07, 6.45) is 11.1. The highest BCUT2D eigenvalue weighted by molar-refractivity contribution is 6.09. The van der Waals surface area contributed by atoms with E-state index in [0.29, 0.717) is 42.4 Å². The first-order valence-corrected chi connectivity index (χ1v) is 13.0. The third kappa shape index (κ3) is 5.07. The number of carboxylic acids is 1. The largest absolute Gasteiger partial charge is 0.480 e. The number of carbonyl (C=O) groups is 3. The normalized spacial score (nSPS) is 22.4. The molecule has 1 aliphatic heterocycles. The number of imidazole rings is 1. The Kier molecular flexibility index (Phi) is 6.70. The van der Waals surface area contributed by atoms with Gasteiger partial charge in [-0.15, -0.1) is 0 Å². The second-order valence-electron chi connectivity index (χ2n) is 10.4. The third-order valence-electron chi connectivity index (χ3n) is 7.82. The molecular formula is C26H33N7O4. The lowest BCUT2D eigenvalue weighted by atomic mass is 9.81. The summed E-state index contributed by atoms with van der Waals surface area (Å²) in [7, 11) is 0. The summed E-state index contributed by atoms with van der Waals surface area (Å²) in [5, 5.41) is 27.9. The van der Waals surface area contributed by atoms with Crippen LogP contribution in [0.15, 0.2) is 24.5 Å². The van der Waals surface area contributed by atoms with Crippen LogP contribution in [0.25, 0.3) is 6.08 Å². The van der Waals surface area contributed by atoms with Crippen LogP contribution in [-0.4, -0.2) is 54.9 Å². The zero-order valence-corrected chi connectivity index (χ0v) is 20.9. The average molecular weight is 508 g/mol. The standard InChI is InChI=1S/C26H33N7O4/c1-2-33-19(9-11-30-33)23(34)32-22(21(15-3-4-15)16-5-6-16)18-14-29-20(31-18)8-7-17(27)13-26(25(36)37)10-12-28-24(26)35/h7-9,11,14-16,21-22,27H,2-6,10,12-13H2,1H3,(H,28,35)(H,29,31)(H,32,34)(H,36,37)/b8-7-,27-17?. The average Bonchev–Trinajstić information content (AvgIpc) is 3.75. The van der Waals surface area contributed by atoms with Crippen molar-refractivity contribution in [3.63, 3.8) is 0 Å². The number of nitrogens with one attached hydrogen (secondary N) is 4. The number of aromatic nitrogens is 4. The molecule has 2 amide bonds. The van der Waals surface area contributed by atoms with Crippen LogP contribution in [0.2, 0.25) is 0 Å². The van der Waals surface area contributed by atoms with Crippen LogP contribution >= 0.6 is 0 Å². The van der Waals surface area contributed by atoms with E-state index >= 15 is 0 Å². The Bertz CT molecular complexity index is 1230. The number of carboxylic acid groups (broad SMARTS) is 1. The maximum absolute atomic E-state index is 13.2. The highest BCUT2D eigenvalue weighted by Gasteiger charge is 2.50. The number of carbonyl (C=O) groups excluding carboxylic acids is 2.